The molecule has 0 amide bonds. The quantitative estimate of drug-likeness (QED) is 0.0469. The molecule has 1 aliphatic heterocycles. The Morgan fingerprint density at radius 2 is 0.906 bits per heavy atom. The Bertz CT molecular complexity index is 863. The summed E-state index contributed by atoms with van der Waals surface area (Å²) in [6, 6.07) is 4.65. The van der Waals surface area contributed by atoms with Gasteiger partial charge in [-0.05, 0) is 130 Å². The first-order chi connectivity index (χ1) is 22.3. The van der Waals surface area contributed by atoms with Crippen LogP contribution >= 0.6 is 0 Å². The second kappa shape index (κ2) is 30.1. The lowest BCUT2D eigenvalue weighted by Crippen LogP contribution is -2.52. The van der Waals surface area contributed by atoms with Crippen LogP contribution in [0.4, 0.5) is 0 Å². The van der Waals surface area contributed by atoms with Crippen molar-refractivity contribution in [1.82, 2.24) is 4.90 Å². The minimum absolute atomic E-state index is 0. The molecule has 1 heterocycles. The van der Waals surface area contributed by atoms with Gasteiger partial charge >= 0.3 is 17.1 Å². The maximum Gasteiger partial charge on any atom is 0.311 e. The van der Waals surface area contributed by atoms with Crippen LogP contribution in [0.25, 0.3) is 0 Å². The zero-order valence-electron chi connectivity index (χ0n) is 35.2. The molecule has 1 aliphatic rings. The molecule has 0 aliphatic carbocycles. The Morgan fingerprint density at radius 1 is 0.585 bits per heavy atom. The summed E-state index contributed by atoms with van der Waals surface area (Å²) in [6.45, 7) is 36.0. The molecule has 2 atom stereocenters. The summed E-state index contributed by atoms with van der Waals surface area (Å²) < 4.78 is 42.8. The highest BCUT2D eigenvalue weighted by Gasteiger charge is 2.40. The zero-order chi connectivity index (χ0) is 38.0. The topological polar surface area (TPSA) is 91.4 Å². The average molecular weight is 867 g/mol. The van der Waals surface area contributed by atoms with Gasteiger partial charge in [-0.3, -0.25) is 0 Å². The fraction of sp³-hybridized carbons (Fsp3) is 1.00. The molecule has 9 nitrogen and oxygen atoms in total. The molecule has 0 radical (unpaired) electrons. The average Bonchev–Trinajstić information content (AvgIpc) is 3.72. The zero-order valence-corrected chi connectivity index (χ0v) is 41.2. The van der Waals surface area contributed by atoms with Gasteiger partial charge in [-0.25, -0.2) is 0 Å². The Hall–Kier alpha value is 0.941. The van der Waals surface area contributed by atoms with E-state index in [9.17, 15) is 5.11 Å². The number of aliphatic hydroxyl groups excluding tert-OH is 1. The Kier molecular flexibility index (Phi) is 35.8. The number of aliphatic hydroxyl groups is 1. The maximum absolute atomic E-state index is 9.81. The number of hydrogen-bond acceptors (Lipinski definition) is 9. The molecule has 15 heteroatoms. The molecule has 1 fully saturated rings. The van der Waals surface area contributed by atoms with E-state index in [1.54, 1.807) is 0 Å². The molecule has 0 aromatic heterocycles. The summed E-state index contributed by atoms with van der Waals surface area (Å²) in [5, 5.41) is 9.81. The Labute approximate surface area is 340 Å². The first kappa shape index (κ1) is 63.1. The standard InChI is InChI=1S/C18H45NO4Si3.C16H38O4Si3.4CH4/c1-10-11-14-24(4,5)22-26(8,9)23-25(6,7)15-12-13-21-17-18(20)16-19(2)3;1-8-9-12-21(2,3)19-23(6,7)20-22(4,5)13-10-11-17-14-16-15-18-16;;;;/h18,20H,10-17H2,1-9H3;16H,8-15H2,1-7H3;4*1H4. The first-order valence-corrected chi connectivity index (χ1v) is 37.3. The van der Waals surface area contributed by atoms with Crippen LogP contribution in [-0.4, -0.2) is 126 Å². The number of nitrogens with zero attached hydrogens (tertiary/aromatic N) is 1. The summed E-state index contributed by atoms with van der Waals surface area (Å²) in [4.78, 5) is 1.97. The van der Waals surface area contributed by atoms with Crippen molar-refractivity contribution in [2.45, 2.75) is 197 Å². The predicted octanol–water partition coefficient (Wildman–Crippen LogP) is 11.5. The van der Waals surface area contributed by atoms with E-state index < -0.39 is 56.5 Å². The molecule has 328 valence electrons. The molecule has 1 saturated heterocycles. The molecular weight excluding hydrogens is 767 g/mol. The molecule has 53 heavy (non-hydrogen) atoms. The number of likely N-dealkylation sites (N-methyl/N-ethyl adjacent to an activating group) is 1. The summed E-state index contributed by atoms with van der Waals surface area (Å²) in [7, 11) is -6.89. The number of epoxide rings is 1. The maximum atomic E-state index is 9.81. The lowest BCUT2D eigenvalue weighted by atomic mass is 10.3. The van der Waals surface area contributed by atoms with Crippen molar-refractivity contribution in [3.8, 4) is 0 Å². The van der Waals surface area contributed by atoms with Gasteiger partial charge in [0.2, 0.25) is 0 Å². The van der Waals surface area contributed by atoms with Crippen LogP contribution in [0, 0.1) is 0 Å². The van der Waals surface area contributed by atoms with E-state index in [2.05, 4.69) is 92.4 Å². The molecule has 1 rings (SSSR count). The van der Waals surface area contributed by atoms with Crippen molar-refractivity contribution in [2.75, 3.05) is 53.7 Å². The number of hydrogen-bond donors (Lipinski definition) is 1. The lowest BCUT2D eigenvalue weighted by molar-refractivity contribution is 0.0243. The van der Waals surface area contributed by atoms with Gasteiger partial charge in [-0.15, -0.1) is 0 Å². The monoisotopic (exact) mass is 866 g/mol. The van der Waals surface area contributed by atoms with Crippen molar-refractivity contribution < 1.29 is 35.8 Å². The largest absolute Gasteiger partial charge is 0.437 e. The van der Waals surface area contributed by atoms with Crippen molar-refractivity contribution in [3.63, 3.8) is 0 Å². The van der Waals surface area contributed by atoms with E-state index in [0.717, 1.165) is 44.8 Å². The highest BCUT2D eigenvalue weighted by molar-refractivity contribution is 6.88. The van der Waals surface area contributed by atoms with Gasteiger partial charge < -0.3 is 40.7 Å². The van der Waals surface area contributed by atoms with Crippen LogP contribution in [0.15, 0.2) is 0 Å². The Balaban J connectivity index is -0.000000271. The summed E-state index contributed by atoms with van der Waals surface area (Å²) in [5.74, 6) is 0. The molecular formula is C38H99NO8Si6. The van der Waals surface area contributed by atoms with Gasteiger partial charge in [0, 0.05) is 19.8 Å². The lowest BCUT2D eigenvalue weighted by Gasteiger charge is -2.39. The van der Waals surface area contributed by atoms with Gasteiger partial charge in [0.05, 0.1) is 25.9 Å². The van der Waals surface area contributed by atoms with Gasteiger partial charge in [0.25, 0.3) is 0 Å². The summed E-state index contributed by atoms with van der Waals surface area (Å²) in [6.07, 6.45) is 7.00. The number of rotatable bonds is 28. The summed E-state index contributed by atoms with van der Waals surface area (Å²) >= 11 is 0. The van der Waals surface area contributed by atoms with Gasteiger partial charge in [-0.1, -0.05) is 69.2 Å². The third-order valence-corrected chi connectivity index (χ3v) is 31.0. The SMILES string of the molecule is C.C.C.C.CCCC[Si](C)(C)O[Si](C)(C)O[Si](C)(C)CCCOCC(O)CN(C)C.CCCC[Si](C)(C)O[Si](C)(C)O[Si](C)(C)CCCOCC1CO1. The molecule has 0 bridgehead atoms. The van der Waals surface area contributed by atoms with Crippen LogP contribution in [0.2, 0.25) is 103 Å². The van der Waals surface area contributed by atoms with Crippen LogP contribution < -0.4 is 0 Å². The third-order valence-electron chi connectivity index (χ3n) is 8.08. The minimum atomic E-state index is -2.09. The first-order valence-electron chi connectivity index (χ1n) is 19.2. The van der Waals surface area contributed by atoms with Crippen molar-refractivity contribution >= 4 is 50.4 Å². The van der Waals surface area contributed by atoms with E-state index >= 15 is 0 Å². The normalized spacial score (nSPS) is 15.6. The number of ether oxygens (including phenoxy) is 3. The molecule has 1 N–H and O–H groups in total. The fourth-order valence-electron chi connectivity index (χ4n) is 6.38. The van der Waals surface area contributed by atoms with Crippen molar-refractivity contribution in [2.24, 2.45) is 0 Å². The fourth-order valence-corrected chi connectivity index (χ4v) is 34.8. The summed E-state index contributed by atoms with van der Waals surface area (Å²) in [5.41, 5.74) is 0. The molecule has 0 spiro atoms. The number of unbranched alkanes of at least 4 members (excludes halogenated alkanes) is 2. The molecule has 0 aromatic rings. The molecule has 0 aromatic carbocycles. The van der Waals surface area contributed by atoms with E-state index in [1.165, 1.54) is 37.8 Å². The van der Waals surface area contributed by atoms with Crippen LogP contribution in [0.1, 0.15) is 82.1 Å². The smallest absolute Gasteiger partial charge is 0.311 e. The molecule has 2 unspecified atom stereocenters. The van der Waals surface area contributed by atoms with Crippen LogP contribution in [0.5, 0.6) is 0 Å². The van der Waals surface area contributed by atoms with Gasteiger partial charge in [0.1, 0.15) is 6.10 Å². The highest BCUT2D eigenvalue weighted by atomic mass is 28.5. The van der Waals surface area contributed by atoms with E-state index in [4.69, 9.17) is 30.7 Å². The third kappa shape index (κ3) is 38.2. The highest BCUT2D eigenvalue weighted by Crippen LogP contribution is 2.28. The predicted molar refractivity (Wildman–Crippen MR) is 250 cm³/mol. The van der Waals surface area contributed by atoms with E-state index in [0.29, 0.717) is 25.9 Å². The van der Waals surface area contributed by atoms with Crippen LogP contribution in [-0.2, 0) is 30.7 Å². The second-order valence-electron chi connectivity index (χ2n) is 17.7. The minimum Gasteiger partial charge on any atom is -0.437 e. The van der Waals surface area contributed by atoms with Crippen LogP contribution in [0.3, 0.4) is 0 Å². The van der Waals surface area contributed by atoms with E-state index in [-0.39, 0.29) is 29.7 Å². The Morgan fingerprint density at radius 3 is 1.21 bits per heavy atom. The molecule has 0 saturated carbocycles. The van der Waals surface area contributed by atoms with Gasteiger partial charge in [0.15, 0.2) is 33.3 Å². The van der Waals surface area contributed by atoms with Crippen molar-refractivity contribution in [3.05, 3.63) is 0 Å². The second-order valence-corrected chi connectivity index (χ2v) is 42.6. The van der Waals surface area contributed by atoms with Gasteiger partial charge in [-0.2, -0.15) is 0 Å². The van der Waals surface area contributed by atoms with Crippen molar-refractivity contribution in [1.29, 1.82) is 0 Å². The van der Waals surface area contributed by atoms with E-state index in [1.807, 2.05) is 19.0 Å².